The van der Waals surface area contributed by atoms with E-state index in [1.54, 1.807) is 0 Å². The molecule has 1 saturated carbocycles. The van der Waals surface area contributed by atoms with Gasteiger partial charge in [-0.3, -0.25) is 4.98 Å². The van der Waals surface area contributed by atoms with Crippen LogP contribution in [-0.2, 0) is 0 Å². The predicted molar refractivity (Wildman–Crippen MR) is 73.2 cm³/mol. The molecule has 2 atom stereocenters. The second-order valence-electron chi connectivity index (χ2n) is 6.55. The highest BCUT2D eigenvalue weighted by Crippen LogP contribution is 2.49. The van der Waals surface area contributed by atoms with E-state index < -0.39 is 0 Å². The Morgan fingerprint density at radius 1 is 1.24 bits per heavy atom. The molecule has 0 bridgehead atoms. The third-order valence-corrected chi connectivity index (χ3v) is 4.33. The zero-order valence-corrected chi connectivity index (χ0v) is 11.9. The van der Waals surface area contributed by atoms with E-state index >= 15 is 0 Å². The molecule has 1 heteroatoms. The summed E-state index contributed by atoms with van der Waals surface area (Å²) in [5, 5.41) is 0. The van der Waals surface area contributed by atoms with Gasteiger partial charge >= 0.3 is 0 Å². The van der Waals surface area contributed by atoms with E-state index in [1.165, 1.54) is 30.5 Å². The number of rotatable bonds is 1. The van der Waals surface area contributed by atoms with Crippen molar-refractivity contribution in [3.05, 3.63) is 29.1 Å². The maximum Gasteiger partial charge on any atom is 0.0448 e. The summed E-state index contributed by atoms with van der Waals surface area (Å²) >= 11 is 0. The SMILES string of the molecule is Cc1cc(C)nc(C2C(C)CCCC2(C)C)c1. The quantitative estimate of drug-likeness (QED) is 0.686. The zero-order chi connectivity index (χ0) is 12.6. The lowest BCUT2D eigenvalue weighted by Crippen LogP contribution is -2.32. The summed E-state index contributed by atoms with van der Waals surface area (Å²) in [5.74, 6) is 1.38. The Bertz CT molecular complexity index is 386. The number of aryl methyl sites for hydroxylation is 2. The van der Waals surface area contributed by atoms with E-state index in [0.29, 0.717) is 11.3 Å². The first-order chi connectivity index (χ1) is 7.90. The molecule has 1 heterocycles. The van der Waals surface area contributed by atoms with Crippen LogP contribution in [0.1, 0.15) is 62.9 Å². The molecular formula is C16H25N. The van der Waals surface area contributed by atoms with Crippen molar-refractivity contribution in [3.63, 3.8) is 0 Å². The second kappa shape index (κ2) is 4.44. The van der Waals surface area contributed by atoms with E-state index in [1.807, 2.05) is 0 Å². The lowest BCUT2D eigenvalue weighted by Gasteiger charge is -2.42. The van der Waals surface area contributed by atoms with E-state index in [2.05, 4.69) is 46.8 Å². The van der Waals surface area contributed by atoms with Crippen LogP contribution in [0.5, 0.6) is 0 Å². The van der Waals surface area contributed by atoms with Crippen LogP contribution in [0, 0.1) is 25.2 Å². The van der Waals surface area contributed by atoms with Crippen molar-refractivity contribution in [3.8, 4) is 0 Å². The summed E-state index contributed by atoms with van der Waals surface area (Å²) in [6, 6.07) is 4.46. The average molecular weight is 231 g/mol. The summed E-state index contributed by atoms with van der Waals surface area (Å²) in [6.45, 7) is 11.5. The van der Waals surface area contributed by atoms with Crippen LogP contribution in [-0.4, -0.2) is 4.98 Å². The van der Waals surface area contributed by atoms with Crippen molar-refractivity contribution >= 4 is 0 Å². The van der Waals surface area contributed by atoms with Crippen molar-refractivity contribution in [1.82, 2.24) is 4.98 Å². The zero-order valence-electron chi connectivity index (χ0n) is 11.9. The molecule has 1 aromatic heterocycles. The minimum Gasteiger partial charge on any atom is -0.258 e. The molecule has 17 heavy (non-hydrogen) atoms. The molecule has 0 spiro atoms. The third kappa shape index (κ3) is 2.53. The molecule has 1 nitrogen and oxygen atoms in total. The standard InChI is InChI=1S/C16H25N/c1-11-9-13(3)17-14(10-11)15-12(2)7-6-8-16(15,4)5/h9-10,12,15H,6-8H2,1-5H3. The summed E-state index contributed by atoms with van der Waals surface area (Å²) < 4.78 is 0. The molecule has 0 radical (unpaired) electrons. The average Bonchev–Trinajstić information content (AvgIpc) is 2.13. The Morgan fingerprint density at radius 3 is 2.53 bits per heavy atom. The topological polar surface area (TPSA) is 12.9 Å². The van der Waals surface area contributed by atoms with Gasteiger partial charge < -0.3 is 0 Å². The molecule has 0 N–H and O–H groups in total. The molecule has 1 aliphatic rings. The van der Waals surface area contributed by atoms with Crippen molar-refractivity contribution in [2.45, 2.75) is 59.8 Å². The van der Waals surface area contributed by atoms with Crippen LogP contribution in [0.15, 0.2) is 12.1 Å². The van der Waals surface area contributed by atoms with Gasteiger partial charge in [-0.1, -0.05) is 33.6 Å². The molecule has 2 rings (SSSR count). The van der Waals surface area contributed by atoms with Crippen LogP contribution < -0.4 is 0 Å². The van der Waals surface area contributed by atoms with Gasteiger partial charge in [0, 0.05) is 17.3 Å². The molecule has 2 unspecified atom stereocenters. The van der Waals surface area contributed by atoms with E-state index in [4.69, 9.17) is 4.98 Å². The number of aromatic nitrogens is 1. The Balaban J connectivity index is 2.42. The number of pyridine rings is 1. The number of nitrogens with zero attached hydrogens (tertiary/aromatic N) is 1. The van der Waals surface area contributed by atoms with Crippen LogP contribution in [0.2, 0.25) is 0 Å². The minimum atomic E-state index is 0.394. The molecule has 1 aromatic rings. The van der Waals surface area contributed by atoms with Crippen molar-refractivity contribution in [2.75, 3.05) is 0 Å². The number of hydrogen-bond donors (Lipinski definition) is 0. The van der Waals surface area contributed by atoms with Crippen LogP contribution >= 0.6 is 0 Å². The number of hydrogen-bond acceptors (Lipinski definition) is 1. The monoisotopic (exact) mass is 231 g/mol. The lowest BCUT2D eigenvalue weighted by molar-refractivity contribution is 0.142. The predicted octanol–water partition coefficient (Wildman–Crippen LogP) is 4.63. The van der Waals surface area contributed by atoms with Gasteiger partial charge in [0.05, 0.1) is 0 Å². The van der Waals surface area contributed by atoms with Gasteiger partial charge in [-0.15, -0.1) is 0 Å². The molecular weight excluding hydrogens is 206 g/mol. The molecule has 0 saturated heterocycles. The van der Waals surface area contributed by atoms with Gasteiger partial charge in [-0.2, -0.15) is 0 Å². The Labute approximate surface area is 106 Å². The summed E-state index contributed by atoms with van der Waals surface area (Å²) in [6.07, 6.45) is 4.05. The Kier molecular flexibility index (Phi) is 3.29. The fourth-order valence-electron chi connectivity index (χ4n) is 3.70. The van der Waals surface area contributed by atoms with Crippen molar-refractivity contribution in [2.24, 2.45) is 11.3 Å². The van der Waals surface area contributed by atoms with Crippen LogP contribution in [0.4, 0.5) is 0 Å². The summed E-state index contributed by atoms with van der Waals surface area (Å²) in [5.41, 5.74) is 4.22. The van der Waals surface area contributed by atoms with Crippen molar-refractivity contribution in [1.29, 1.82) is 0 Å². The van der Waals surface area contributed by atoms with Gasteiger partial charge in [0.25, 0.3) is 0 Å². The molecule has 94 valence electrons. The maximum absolute atomic E-state index is 4.80. The minimum absolute atomic E-state index is 0.394. The molecule has 1 fully saturated rings. The summed E-state index contributed by atoms with van der Waals surface area (Å²) in [4.78, 5) is 4.80. The van der Waals surface area contributed by atoms with Crippen molar-refractivity contribution < 1.29 is 0 Å². The molecule has 0 amide bonds. The second-order valence-corrected chi connectivity index (χ2v) is 6.55. The van der Waals surface area contributed by atoms with E-state index in [-0.39, 0.29) is 0 Å². The fraction of sp³-hybridized carbons (Fsp3) is 0.688. The fourth-order valence-corrected chi connectivity index (χ4v) is 3.70. The third-order valence-electron chi connectivity index (χ3n) is 4.33. The molecule has 0 aromatic carbocycles. The first-order valence-electron chi connectivity index (χ1n) is 6.85. The Hall–Kier alpha value is -0.850. The first-order valence-corrected chi connectivity index (χ1v) is 6.85. The summed E-state index contributed by atoms with van der Waals surface area (Å²) in [7, 11) is 0. The highest BCUT2D eigenvalue weighted by Gasteiger charge is 2.38. The van der Waals surface area contributed by atoms with Crippen LogP contribution in [0.25, 0.3) is 0 Å². The van der Waals surface area contributed by atoms with E-state index in [9.17, 15) is 0 Å². The van der Waals surface area contributed by atoms with Gasteiger partial charge in [0.15, 0.2) is 0 Å². The van der Waals surface area contributed by atoms with Gasteiger partial charge in [-0.25, -0.2) is 0 Å². The maximum atomic E-state index is 4.80. The van der Waals surface area contributed by atoms with E-state index in [0.717, 1.165) is 11.6 Å². The van der Waals surface area contributed by atoms with Gasteiger partial charge in [0.1, 0.15) is 0 Å². The lowest BCUT2D eigenvalue weighted by atomic mass is 9.63. The smallest absolute Gasteiger partial charge is 0.0448 e. The molecule has 1 aliphatic carbocycles. The largest absolute Gasteiger partial charge is 0.258 e. The highest BCUT2D eigenvalue weighted by molar-refractivity contribution is 5.24. The van der Waals surface area contributed by atoms with Gasteiger partial charge in [-0.05, 0) is 49.3 Å². The highest BCUT2D eigenvalue weighted by atomic mass is 14.7. The normalized spacial score (nSPS) is 28.1. The molecule has 0 aliphatic heterocycles. The first kappa shape index (κ1) is 12.6. The Morgan fingerprint density at radius 2 is 1.94 bits per heavy atom. The van der Waals surface area contributed by atoms with Crippen LogP contribution in [0.3, 0.4) is 0 Å². The van der Waals surface area contributed by atoms with Gasteiger partial charge in [0.2, 0.25) is 0 Å².